The van der Waals surface area contributed by atoms with Crippen molar-refractivity contribution in [2.75, 3.05) is 6.54 Å². The minimum Gasteiger partial charge on any atom is -0.345 e. The summed E-state index contributed by atoms with van der Waals surface area (Å²) < 4.78 is 0. The van der Waals surface area contributed by atoms with E-state index in [0.717, 1.165) is 19.1 Å². The summed E-state index contributed by atoms with van der Waals surface area (Å²) in [5, 5.41) is 2.79. The molecule has 0 unspecified atom stereocenters. The molecule has 0 atom stereocenters. The highest BCUT2D eigenvalue weighted by Gasteiger charge is 1.99. The Kier molecular flexibility index (Phi) is 9.45. The van der Waals surface area contributed by atoms with Crippen LogP contribution >= 0.6 is 0 Å². The van der Waals surface area contributed by atoms with E-state index in [1.807, 2.05) is 6.07 Å². The normalized spacial score (nSPS) is 9.68. The van der Waals surface area contributed by atoms with E-state index in [1.165, 1.54) is 25.7 Å². The standard InChI is InChI=1S/C19H25NO2/c1-2-3-4-5-6-7-14-19(22)20-15-10-13-17-11-8-9-12-18(17)16-21/h8-9,11-12,16H,2-7,14-15H2,1H3,(H,20,22). The summed E-state index contributed by atoms with van der Waals surface area (Å²) in [5.74, 6) is 5.85. The van der Waals surface area contributed by atoms with Gasteiger partial charge in [-0.2, -0.15) is 0 Å². The lowest BCUT2D eigenvalue weighted by atomic mass is 10.1. The number of rotatable bonds is 9. The van der Waals surface area contributed by atoms with Gasteiger partial charge in [0.2, 0.25) is 5.91 Å². The highest BCUT2D eigenvalue weighted by Crippen LogP contribution is 2.06. The Morgan fingerprint density at radius 3 is 2.64 bits per heavy atom. The SMILES string of the molecule is CCCCCCCCC(=O)NCC#Cc1ccccc1C=O. The van der Waals surface area contributed by atoms with Gasteiger partial charge in [-0.15, -0.1) is 0 Å². The predicted octanol–water partition coefficient (Wildman–Crippen LogP) is 3.72. The Bertz CT molecular complexity index is 526. The number of hydrogen-bond acceptors (Lipinski definition) is 2. The molecule has 0 aliphatic carbocycles. The van der Waals surface area contributed by atoms with Crippen LogP contribution in [-0.4, -0.2) is 18.7 Å². The van der Waals surface area contributed by atoms with Gasteiger partial charge in [-0.05, 0) is 12.5 Å². The Hall–Kier alpha value is -2.08. The molecule has 3 nitrogen and oxygen atoms in total. The lowest BCUT2D eigenvalue weighted by molar-refractivity contribution is -0.120. The van der Waals surface area contributed by atoms with E-state index in [-0.39, 0.29) is 5.91 Å². The summed E-state index contributed by atoms with van der Waals surface area (Å²) in [5.41, 5.74) is 1.27. The first-order valence-corrected chi connectivity index (χ1v) is 8.07. The molecule has 0 radical (unpaired) electrons. The van der Waals surface area contributed by atoms with Crippen LogP contribution < -0.4 is 5.32 Å². The zero-order valence-corrected chi connectivity index (χ0v) is 13.4. The second kappa shape index (κ2) is 11.6. The van der Waals surface area contributed by atoms with Crippen LogP contribution in [0.2, 0.25) is 0 Å². The largest absolute Gasteiger partial charge is 0.345 e. The maximum absolute atomic E-state index is 11.6. The fourth-order valence-electron chi connectivity index (χ4n) is 2.15. The molecule has 0 aliphatic heterocycles. The van der Waals surface area contributed by atoms with Crippen LogP contribution in [0.4, 0.5) is 0 Å². The average molecular weight is 299 g/mol. The van der Waals surface area contributed by atoms with Crippen LogP contribution in [0, 0.1) is 11.8 Å². The van der Waals surface area contributed by atoms with Crippen LogP contribution in [-0.2, 0) is 4.79 Å². The van der Waals surface area contributed by atoms with Crippen LogP contribution in [0.25, 0.3) is 0 Å². The molecule has 1 N–H and O–H groups in total. The summed E-state index contributed by atoms with van der Waals surface area (Å²) in [6.07, 6.45) is 8.42. The second-order valence-electron chi connectivity index (χ2n) is 5.30. The van der Waals surface area contributed by atoms with Gasteiger partial charge in [0.05, 0.1) is 6.54 Å². The van der Waals surface area contributed by atoms with Crippen LogP contribution in [0.3, 0.4) is 0 Å². The predicted molar refractivity (Wildman–Crippen MR) is 89.7 cm³/mol. The van der Waals surface area contributed by atoms with E-state index in [1.54, 1.807) is 18.2 Å². The van der Waals surface area contributed by atoms with Crippen molar-refractivity contribution in [1.82, 2.24) is 5.32 Å². The zero-order chi connectivity index (χ0) is 16.0. The van der Waals surface area contributed by atoms with Crippen LogP contribution in [0.1, 0.15) is 67.8 Å². The number of carbonyl (C=O) groups excluding carboxylic acids is 2. The van der Waals surface area contributed by atoms with Gasteiger partial charge < -0.3 is 5.32 Å². The van der Waals surface area contributed by atoms with Crippen molar-refractivity contribution in [2.24, 2.45) is 0 Å². The topological polar surface area (TPSA) is 46.2 Å². The monoisotopic (exact) mass is 299 g/mol. The van der Waals surface area contributed by atoms with Crippen molar-refractivity contribution in [3.63, 3.8) is 0 Å². The number of aldehydes is 1. The molecule has 0 fully saturated rings. The average Bonchev–Trinajstić information content (AvgIpc) is 2.55. The number of carbonyl (C=O) groups is 2. The van der Waals surface area contributed by atoms with E-state index >= 15 is 0 Å². The molecule has 0 saturated heterocycles. The molecule has 118 valence electrons. The van der Waals surface area contributed by atoms with Crippen molar-refractivity contribution in [3.8, 4) is 11.8 Å². The molecule has 0 heterocycles. The zero-order valence-electron chi connectivity index (χ0n) is 13.4. The third-order valence-corrected chi connectivity index (χ3v) is 3.44. The quantitative estimate of drug-likeness (QED) is 0.429. The molecule has 0 aliphatic rings. The van der Waals surface area contributed by atoms with Gasteiger partial charge in [-0.1, -0.05) is 69.1 Å². The number of benzene rings is 1. The maximum atomic E-state index is 11.6. The Balaban J connectivity index is 2.20. The van der Waals surface area contributed by atoms with Gasteiger partial charge in [-0.3, -0.25) is 9.59 Å². The van der Waals surface area contributed by atoms with E-state index < -0.39 is 0 Å². The first kappa shape index (κ1) is 18.0. The highest BCUT2D eigenvalue weighted by atomic mass is 16.1. The van der Waals surface area contributed by atoms with E-state index in [0.29, 0.717) is 24.1 Å². The summed E-state index contributed by atoms with van der Waals surface area (Å²) in [4.78, 5) is 22.5. The van der Waals surface area contributed by atoms with E-state index in [9.17, 15) is 9.59 Å². The van der Waals surface area contributed by atoms with Gasteiger partial charge in [0, 0.05) is 17.5 Å². The molecule has 1 rings (SSSR count). The summed E-state index contributed by atoms with van der Waals surface area (Å²) in [6, 6.07) is 7.17. The van der Waals surface area contributed by atoms with Gasteiger partial charge in [-0.25, -0.2) is 0 Å². The highest BCUT2D eigenvalue weighted by molar-refractivity contribution is 5.79. The fourth-order valence-corrected chi connectivity index (χ4v) is 2.15. The fraction of sp³-hybridized carbons (Fsp3) is 0.474. The molecule has 1 aromatic rings. The van der Waals surface area contributed by atoms with E-state index in [4.69, 9.17) is 0 Å². The Morgan fingerprint density at radius 1 is 1.14 bits per heavy atom. The molecule has 22 heavy (non-hydrogen) atoms. The minimum absolute atomic E-state index is 0.0495. The van der Waals surface area contributed by atoms with Gasteiger partial charge in [0.15, 0.2) is 6.29 Å². The minimum atomic E-state index is 0.0495. The third kappa shape index (κ3) is 7.64. The van der Waals surface area contributed by atoms with Crippen molar-refractivity contribution in [1.29, 1.82) is 0 Å². The number of amides is 1. The third-order valence-electron chi connectivity index (χ3n) is 3.44. The van der Waals surface area contributed by atoms with Gasteiger partial charge >= 0.3 is 0 Å². The molecule has 0 bridgehead atoms. The van der Waals surface area contributed by atoms with Crippen molar-refractivity contribution in [3.05, 3.63) is 35.4 Å². The Labute approximate surface area is 133 Å². The molecule has 0 spiro atoms. The molecular weight excluding hydrogens is 274 g/mol. The van der Waals surface area contributed by atoms with Crippen molar-refractivity contribution >= 4 is 12.2 Å². The maximum Gasteiger partial charge on any atom is 0.220 e. The van der Waals surface area contributed by atoms with Crippen LogP contribution in [0.15, 0.2) is 24.3 Å². The number of unbranched alkanes of at least 4 members (excludes halogenated alkanes) is 5. The second-order valence-corrected chi connectivity index (χ2v) is 5.30. The van der Waals surface area contributed by atoms with Gasteiger partial charge in [0.1, 0.15) is 0 Å². The first-order valence-electron chi connectivity index (χ1n) is 8.07. The molecular formula is C19H25NO2. The number of hydrogen-bond donors (Lipinski definition) is 1. The summed E-state index contributed by atoms with van der Waals surface area (Å²) in [6.45, 7) is 2.52. The molecule has 1 amide bonds. The first-order chi connectivity index (χ1) is 10.8. The van der Waals surface area contributed by atoms with Crippen molar-refractivity contribution in [2.45, 2.75) is 51.9 Å². The molecule has 0 aromatic heterocycles. The van der Waals surface area contributed by atoms with E-state index in [2.05, 4.69) is 24.1 Å². The smallest absolute Gasteiger partial charge is 0.220 e. The lowest BCUT2D eigenvalue weighted by Gasteiger charge is -2.01. The van der Waals surface area contributed by atoms with Crippen molar-refractivity contribution < 1.29 is 9.59 Å². The number of nitrogens with one attached hydrogen (secondary N) is 1. The molecule has 0 saturated carbocycles. The molecule has 1 aromatic carbocycles. The van der Waals surface area contributed by atoms with Crippen LogP contribution in [0.5, 0.6) is 0 Å². The summed E-state index contributed by atoms with van der Waals surface area (Å²) in [7, 11) is 0. The van der Waals surface area contributed by atoms with Gasteiger partial charge in [0.25, 0.3) is 0 Å². The Morgan fingerprint density at radius 2 is 1.86 bits per heavy atom. The lowest BCUT2D eigenvalue weighted by Crippen LogP contribution is -2.23. The molecule has 3 heteroatoms. The summed E-state index contributed by atoms with van der Waals surface area (Å²) >= 11 is 0.